The Labute approximate surface area is 151 Å². The summed E-state index contributed by atoms with van der Waals surface area (Å²) in [6.07, 6.45) is 2.08. The topological polar surface area (TPSA) is 98.3 Å². The van der Waals surface area contributed by atoms with Crippen LogP contribution in [0.2, 0.25) is 0 Å². The predicted molar refractivity (Wildman–Crippen MR) is 97.2 cm³/mol. The molecule has 0 saturated heterocycles. The fraction of sp³-hybridized carbons (Fsp3) is 0.133. The summed E-state index contributed by atoms with van der Waals surface area (Å²) in [6.45, 7) is 0. The monoisotopic (exact) mass is 375 g/mol. The SMILES string of the molecule is COc1ccc(/C=N\n2c(Cc3cccs3)n[nH]c2=S)cc1[N+](=O)[O-]. The minimum Gasteiger partial charge on any atom is -0.490 e. The van der Waals surface area contributed by atoms with Gasteiger partial charge in [-0.2, -0.15) is 14.9 Å². The number of ether oxygens (including phenoxy) is 1. The molecule has 1 N–H and O–H groups in total. The molecule has 0 aliphatic carbocycles. The molecule has 0 bridgehead atoms. The van der Waals surface area contributed by atoms with Gasteiger partial charge >= 0.3 is 5.69 Å². The maximum absolute atomic E-state index is 11.1. The first-order valence-corrected chi connectivity index (χ1v) is 8.42. The number of methoxy groups -OCH3 is 1. The molecular weight excluding hydrogens is 362 g/mol. The lowest BCUT2D eigenvalue weighted by molar-refractivity contribution is -0.385. The Hall–Kier alpha value is -2.85. The van der Waals surface area contributed by atoms with E-state index in [1.54, 1.807) is 17.4 Å². The van der Waals surface area contributed by atoms with Crippen LogP contribution < -0.4 is 4.74 Å². The van der Waals surface area contributed by atoms with Gasteiger partial charge in [-0.25, -0.2) is 0 Å². The number of aromatic amines is 1. The molecule has 1 aromatic carbocycles. The Morgan fingerprint density at radius 2 is 2.36 bits per heavy atom. The summed E-state index contributed by atoms with van der Waals surface area (Å²) in [4.78, 5) is 11.7. The molecule has 3 aromatic rings. The highest BCUT2D eigenvalue weighted by atomic mass is 32.1. The van der Waals surface area contributed by atoms with Crippen molar-refractivity contribution in [2.45, 2.75) is 6.42 Å². The molecular formula is C15H13N5O3S2. The zero-order valence-corrected chi connectivity index (χ0v) is 14.7. The highest BCUT2D eigenvalue weighted by Crippen LogP contribution is 2.26. The van der Waals surface area contributed by atoms with Gasteiger partial charge in [0.05, 0.1) is 18.2 Å². The number of nitrogens with one attached hydrogen (secondary N) is 1. The van der Waals surface area contributed by atoms with Gasteiger partial charge in [-0.3, -0.25) is 15.2 Å². The highest BCUT2D eigenvalue weighted by Gasteiger charge is 2.14. The van der Waals surface area contributed by atoms with Crippen LogP contribution in [0, 0.1) is 14.9 Å². The average molecular weight is 375 g/mol. The molecule has 0 aliphatic heterocycles. The summed E-state index contributed by atoms with van der Waals surface area (Å²) in [5, 5.41) is 24.3. The third-order valence-electron chi connectivity index (χ3n) is 3.35. The second kappa shape index (κ2) is 7.36. The van der Waals surface area contributed by atoms with Crippen LogP contribution in [0.15, 0.2) is 40.8 Å². The quantitative estimate of drug-likeness (QED) is 0.308. The van der Waals surface area contributed by atoms with Crippen molar-refractivity contribution in [1.82, 2.24) is 14.9 Å². The second-order valence-corrected chi connectivity index (χ2v) is 6.36. The lowest BCUT2D eigenvalue weighted by Gasteiger charge is -2.02. The van der Waals surface area contributed by atoms with Crippen LogP contribution in [0.25, 0.3) is 0 Å². The van der Waals surface area contributed by atoms with Gasteiger partial charge in [-0.1, -0.05) is 6.07 Å². The minimum absolute atomic E-state index is 0.124. The number of benzene rings is 1. The smallest absolute Gasteiger partial charge is 0.311 e. The predicted octanol–water partition coefficient (Wildman–Crippen LogP) is 3.39. The van der Waals surface area contributed by atoms with Gasteiger partial charge in [0.2, 0.25) is 4.77 Å². The third kappa shape index (κ3) is 3.80. The fourth-order valence-electron chi connectivity index (χ4n) is 2.18. The molecule has 2 heterocycles. The molecule has 0 atom stereocenters. The van der Waals surface area contributed by atoms with Crippen LogP contribution in [-0.2, 0) is 6.42 Å². The molecule has 0 amide bonds. The third-order valence-corrected chi connectivity index (χ3v) is 4.49. The van der Waals surface area contributed by atoms with Crippen LogP contribution in [0.1, 0.15) is 16.3 Å². The lowest BCUT2D eigenvalue weighted by Crippen LogP contribution is -2.00. The van der Waals surface area contributed by atoms with E-state index in [4.69, 9.17) is 17.0 Å². The van der Waals surface area contributed by atoms with Gasteiger partial charge < -0.3 is 4.74 Å². The van der Waals surface area contributed by atoms with E-state index in [-0.39, 0.29) is 11.4 Å². The number of H-pyrrole nitrogens is 1. The van der Waals surface area contributed by atoms with Gasteiger partial charge in [0.15, 0.2) is 11.6 Å². The summed E-state index contributed by atoms with van der Waals surface area (Å²) in [6, 6.07) is 8.57. The largest absolute Gasteiger partial charge is 0.490 e. The van der Waals surface area contributed by atoms with Gasteiger partial charge in [-0.05, 0) is 35.8 Å². The Kier molecular flexibility index (Phi) is 5.00. The van der Waals surface area contributed by atoms with Gasteiger partial charge in [0, 0.05) is 22.9 Å². The van der Waals surface area contributed by atoms with Crippen LogP contribution in [0.5, 0.6) is 5.75 Å². The molecule has 0 aliphatic rings. The first-order valence-electron chi connectivity index (χ1n) is 7.14. The number of nitro benzene ring substituents is 1. The van der Waals surface area contributed by atoms with E-state index in [0.29, 0.717) is 22.6 Å². The average Bonchev–Trinajstić information content (AvgIpc) is 3.23. The van der Waals surface area contributed by atoms with Crippen LogP contribution in [0.4, 0.5) is 5.69 Å². The second-order valence-electron chi connectivity index (χ2n) is 4.95. The van der Waals surface area contributed by atoms with Crippen molar-refractivity contribution in [2.75, 3.05) is 7.11 Å². The number of hydrogen-bond donors (Lipinski definition) is 1. The van der Waals surface area contributed by atoms with Crippen molar-refractivity contribution in [3.05, 3.63) is 66.9 Å². The number of rotatable bonds is 6. The summed E-state index contributed by atoms with van der Waals surface area (Å²) in [5.74, 6) is 0.854. The van der Waals surface area contributed by atoms with Crippen LogP contribution >= 0.6 is 23.6 Å². The number of aromatic nitrogens is 3. The lowest BCUT2D eigenvalue weighted by atomic mass is 10.2. The summed E-state index contributed by atoms with van der Waals surface area (Å²) < 4.78 is 6.84. The number of nitrogens with zero attached hydrogens (tertiary/aromatic N) is 4. The minimum atomic E-state index is -0.498. The fourth-order valence-corrected chi connectivity index (χ4v) is 3.08. The molecule has 10 heteroatoms. The zero-order valence-electron chi connectivity index (χ0n) is 13.1. The Bertz CT molecular complexity index is 975. The van der Waals surface area contributed by atoms with E-state index in [1.165, 1.54) is 30.1 Å². The van der Waals surface area contributed by atoms with Crippen molar-refractivity contribution in [1.29, 1.82) is 0 Å². The van der Waals surface area contributed by atoms with Gasteiger partial charge in [-0.15, -0.1) is 11.3 Å². The van der Waals surface area contributed by atoms with E-state index in [0.717, 1.165) is 4.88 Å². The zero-order chi connectivity index (χ0) is 17.8. The molecule has 0 saturated carbocycles. The molecule has 0 fully saturated rings. The molecule has 0 spiro atoms. The molecule has 0 radical (unpaired) electrons. The van der Waals surface area contributed by atoms with Crippen LogP contribution in [-0.4, -0.2) is 33.1 Å². The van der Waals surface area contributed by atoms with E-state index >= 15 is 0 Å². The molecule has 3 rings (SSSR count). The molecule has 0 unspecified atom stereocenters. The summed E-state index contributed by atoms with van der Waals surface area (Å²) in [7, 11) is 1.39. The van der Waals surface area contributed by atoms with E-state index in [9.17, 15) is 10.1 Å². The van der Waals surface area contributed by atoms with Crippen molar-refractivity contribution < 1.29 is 9.66 Å². The Balaban J connectivity index is 1.90. The number of hydrogen-bond acceptors (Lipinski definition) is 7. The Morgan fingerprint density at radius 3 is 3.04 bits per heavy atom. The summed E-state index contributed by atoms with van der Waals surface area (Å²) >= 11 is 6.81. The van der Waals surface area contributed by atoms with E-state index in [2.05, 4.69) is 15.3 Å². The first kappa shape index (κ1) is 17.0. The maximum atomic E-state index is 11.1. The van der Waals surface area contributed by atoms with Crippen molar-refractivity contribution >= 4 is 35.5 Å². The highest BCUT2D eigenvalue weighted by molar-refractivity contribution is 7.71. The van der Waals surface area contributed by atoms with Gasteiger partial charge in [0.25, 0.3) is 0 Å². The molecule has 8 nitrogen and oxygen atoms in total. The van der Waals surface area contributed by atoms with E-state index in [1.807, 2.05) is 17.5 Å². The number of thiophene rings is 1. The molecule has 2 aromatic heterocycles. The standard InChI is InChI=1S/C15H13N5O3S2/c1-23-13-5-4-10(7-12(13)20(21)22)9-16-19-14(17-18-15(19)24)8-11-3-2-6-25-11/h2-7,9H,8H2,1H3,(H,18,24)/b16-9-. The van der Waals surface area contributed by atoms with Gasteiger partial charge in [0.1, 0.15) is 0 Å². The number of nitro groups is 1. The first-order chi connectivity index (χ1) is 12.1. The molecule has 25 heavy (non-hydrogen) atoms. The molecule has 128 valence electrons. The maximum Gasteiger partial charge on any atom is 0.311 e. The van der Waals surface area contributed by atoms with E-state index < -0.39 is 4.92 Å². The van der Waals surface area contributed by atoms with Crippen molar-refractivity contribution in [3.8, 4) is 5.75 Å². The summed E-state index contributed by atoms with van der Waals surface area (Å²) in [5.41, 5.74) is 0.429. The van der Waals surface area contributed by atoms with Crippen molar-refractivity contribution in [2.24, 2.45) is 5.10 Å². The van der Waals surface area contributed by atoms with Crippen molar-refractivity contribution in [3.63, 3.8) is 0 Å². The Morgan fingerprint density at radius 1 is 1.52 bits per heavy atom. The van der Waals surface area contributed by atoms with Crippen LogP contribution in [0.3, 0.4) is 0 Å². The normalized spacial score (nSPS) is 11.1.